The fourth-order valence-electron chi connectivity index (χ4n) is 4.97. The average Bonchev–Trinajstić information content (AvgIpc) is 3.65. The lowest BCUT2D eigenvalue weighted by Crippen LogP contribution is -2.23. The van der Waals surface area contributed by atoms with E-state index >= 15 is 0 Å². The molecule has 7 heteroatoms. The van der Waals surface area contributed by atoms with Gasteiger partial charge in [-0.15, -0.1) is 11.3 Å². The molecule has 0 fully saturated rings. The second-order valence-electron chi connectivity index (χ2n) is 9.27. The van der Waals surface area contributed by atoms with Gasteiger partial charge in [-0.3, -0.25) is 4.79 Å². The van der Waals surface area contributed by atoms with Crippen LogP contribution >= 0.6 is 11.3 Å². The second kappa shape index (κ2) is 10.2. The number of hydrogen-bond donors (Lipinski definition) is 1. The molecule has 1 amide bonds. The van der Waals surface area contributed by atoms with Crippen LogP contribution in [0.5, 0.6) is 0 Å². The third-order valence-electron chi connectivity index (χ3n) is 6.79. The molecule has 37 heavy (non-hydrogen) atoms. The average molecular weight is 512 g/mol. The molecular weight excluding hydrogens is 485 g/mol. The first-order valence-electron chi connectivity index (χ1n) is 12.5. The lowest BCUT2D eigenvalue weighted by Gasteiger charge is -2.12. The van der Waals surface area contributed by atoms with Crippen LogP contribution in [0.1, 0.15) is 50.5 Å². The van der Waals surface area contributed by atoms with E-state index in [2.05, 4.69) is 28.2 Å². The van der Waals surface area contributed by atoms with Crippen molar-refractivity contribution in [1.29, 1.82) is 0 Å². The predicted octanol–water partition coefficient (Wildman–Crippen LogP) is 7.04. The van der Waals surface area contributed by atoms with E-state index in [1.165, 1.54) is 17.0 Å². The minimum Gasteiger partial charge on any atom is -0.467 e. The van der Waals surface area contributed by atoms with Crippen LogP contribution in [-0.4, -0.2) is 16.7 Å². The van der Waals surface area contributed by atoms with Gasteiger partial charge >= 0.3 is 0 Å². The van der Waals surface area contributed by atoms with Gasteiger partial charge in [-0.1, -0.05) is 30.3 Å². The van der Waals surface area contributed by atoms with Crippen LogP contribution in [0.2, 0.25) is 0 Å². The zero-order valence-corrected chi connectivity index (χ0v) is 21.1. The van der Waals surface area contributed by atoms with Crippen molar-refractivity contribution in [3.8, 4) is 0 Å². The van der Waals surface area contributed by atoms with Crippen LogP contribution < -0.4 is 5.32 Å². The van der Waals surface area contributed by atoms with E-state index in [1.54, 1.807) is 17.6 Å². The minimum atomic E-state index is -0.239. The minimum absolute atomic E-state index is 0.110. The number of furan rings is 1. The van der Waals surface area contributed by atoms with Gasteiger partial charge in [-0.25, -0.2) is 9.38 Å². The van der Waals surface area contributed by atoms with Crippen LogP contribution in [0.4, 0.5) is 9.39 Å². The summed E-state index contributed by atoms with van der Waals surface area (Å²) >= 11 is 1.62. The Balaban J connectivity index is 1.33. The SMILES string of the molecule is O=C(NCc1ccco1)c1c(N=Cc2cn(Cc3ccc(F)cc3)c3ccccc23)sc2c1CCCC2. The maximum atomic E-state index is 13.4. The van der Waals surface area contributed by atoms with Gasteiger partial charge in [0.2, 0.25) is 0 Å². The van der Waals surface area contributed by atoms with E-state index in [0.717, 1.165) is 64.0 Å². The molecule has 0 unspecified atom stereocenters. The molecule has 0 aliphatic heterocycles. The molecule has 0 saturated heterocycles. The van der Waals surface area contributed by atoms with Crippen LogP contribution in [0.25, 0.3) is 10.9 Å². The van der Waals surface area contributed by atoms with Gasteiger partial charge in [-0.2, -0.15) is 0 Å². The predicted molar refractivity (Wildman–Crippen MR) is 146 cm³/mol. The summed E-state index contributed by atoms with van der Waals surface area (Å²) in [5, 5.41) is 4.84. The molecule has 2 aromatic carbocycles. The van der Waals surface area contributed by atoms with Gasteiger partial charge in [0.05, 0.1) is 18.4 Å². The molecule has 5 aromatic rings. The number of carbonyl (C=O) groups excluding carboxylic acids is 1. The number of aromatic nitrogens is 1. The number of fused-ring (bicyclic) bond motifs is 2. The summed E-state index contributed by atoms with van der Waals surface area (Å²) in [7, 11) is 0. The maximum Gasteiger partial charge on any atom is 0.255 e. The molecule has 0 atom stereocenters. The Labute approximate surface area is 218 Å². The van der Waals surface area contributed by atoms with Gasteiger partial charge in [-0.05, 0) is 67.1 Å². The van der Waals surface area contributed by atoms with Gasteiger partial charge < -0.3 is 14.3 Å². The van der Waals surface area contributed by atoms with Crippen LogP contribution in [0.15, 0.2) is 82.5 Å². The van der Waals surface area contributed by atoms with Crippen LogP contribution in [0.3, 0.4) is 0 Å². The largest absolute Gasteiger partial charge is 0.467 e. The summed E-state index contributed by atoms with van der Waals surface area (Å²) in [6.45, 7) is 0.971. The fourth-order valence-corrected chi connectivity index (χ4v) is 6.20. The highest BCUT2D eigenvalue weighted by Crippen LogP contribution is 2.40. The number of rotatable bonds is 7. The monoisotopic (exact) mass is 511 g/mol. The maximum absolute atomic E-state index is 13.4. The number of para-hydroxylation sites is 1. The Morgan fingerprint density at radius 1 is 1.08 bits per heavy atom. The number of nitrogens with zero attached hydrogens (tertiary/aromatic N) is 2. The molecule has 1 N–H and O–H groups in total. The molecule has 1 aliphatic carbocycles. The normalized spacial score (nSPS) is 13.3. The van der Waals surface area contributed by atoms with Crippen molar-refractivity contribution in [2.24, 2.45) is 4.99 Å². The number of halogens is 1. The zero-order valence-electron chi connectivity index (χ0n) is 20.2. The molecule has 3 aromatic heterocycles. The van der Waals surface area contributed by atoms with E-state index in [9.17, 15) is 9.18 Å². The van der Waals surface area contributed by atoms with Crippen molar-refractivity contribution in [1.82, 2.24) is 9.88 Å². The number of carbonyl (C=O) groups is 1. The summed E-state index contributed by atoms with van der Waals surface area (Å²) < 4.78 is 20.9. The van der Waals surface area contributed by atoms with E-state index in [0.29, 0.717) is 18.7 Å². The third-order valence-corrected chi connectivity index (χ3v) is 7.99. The standard InChI is InChI=1S/C30H26FN3O2S/c31-22-13-11-20(12-14-22)18-34-19-21(24-7-1-3-9-26(24)34)16-33-30-28(25-8-2-4-10-27(25)37-30)29(35)32-17-23-6-5-15-36-23/h1,3,5-7,9,11-16,19H,2,4,8,10,17-18H2,(H,32,35). The van der Waals surface area contributed by atoms with Gasteiger partial charge in [0.25, 0.3) is 5.91 Å². The molecule has 6 rings (SSSR count). The third kappa shape index (κ3) is 4.87. The molecule has 186 valence electrons. The summed E-state index contributed by atoms with van der Waals surface area (Å²) in [4.78, 5) is 19.4. The zero-order chi connectivity index (χ0) is 25.2. The summed E-state index contributed by atoms with van der Waals surface area (Å²) in [6, 6.07) is 18.4. The van der Waals surface area contributed by atoms with E-state index in [1.807, 2.05) is 42.6 Å². The highest BCUT2D eigenvalue weighted by atomic mass is 32.1. The number of thiophene rings is 1. The van der Waals surface area contributed by atoms with Crippen LogP contribution in [-0.2, 0) is 25.9 Å². The van der Waals surface area contributed by atoms with E-state index < -0.39 is 0 Å². The summed E-state index contributed by atoms with van der Waals surface area (Å²) in [5.74, 6) is 0.370. The summed E-state index contributed by atoms with van der Waals surface area (Å²) in [5.41, 5.74) is 4.91. The van der Waals surface area contributed by atoms with Crippen LogP contribution in [0, 0.1) is 5.82 Å². The van der Waals surface area contributed by atoms with Gasteiger partial charge in [0.1, 0.15) is 16.6 Å². The Bertz CT molecular complexity index is 1580. The number of aryl methyl sites for hydroxylation is 1. The lowest BCUT2D eigenvalue weighted by atomic mass is 9.95. The fraction of sp³-hybridized carbons (Fsp3) is 0.200. The Kier molecular flexibility index (Phi) is 6.45. The molecular formula is C30H26FN3O2S. The smallest absolute Gasteiger partial charge is 0.255 e. The Hall–Kier alpha value is -3.97. The molecule has 0 radical (unpaired) electrons. The van der Waals surface area contributed by atoms with Crippen molar-refractivity contribution in [3.63, 3.8) is 0 Å². The lowest BCUT2D eigenvalue weighted by molar-refractivity contribution is 0.0948. The highest BCUT2D eigenvalue weighted by molar-refractivity contribution is 7.16. The van der Waals surface area contributed by atoms with Crippen molar-refractivity contribution in [2.45, 2.75) is 38.8 Å². The quantitative estimate of drug-likeness (QED) is 0.238. The van der Waals surface area contributed by atoms with Crippen molar-refractivity contribution < 1.29 is 13.6 Å². The number of amides is 1. The number of benzene rings is 2. The molecule has 0 bridgehead atoms. The van der Waals surface area contributed by atoms with E-state index in [-0.39, 0.29) is 11.7 Å². The number of aliphatic imine (C=N–C) groups is 1. The first-order chi connectivity index (χ1) is 18.2. The van der Waals surface area contributed by atoms with Crippen molar-refractivity contribution in [2.75, 3.05) is 0 Å². The first-order valence-corrected chi connectivity index (χ1v) is 13.3. The number of hydrogen-bond acceptors (Lipinski definition) is 4. The second-order valence-corrected chi connectivity index (χ2v) is 10.4. The Morgan fingerprint density at radius 3 is 2.76 bits per heavy atom. The molecule has 0 spiro atoms. The van der Waals surface area contributed by atoms with Crippen molar-refractivity contribution >= 4 is 39.4 Å². The molecule has 1 aliphatic rings. The van der Waals surface area contributed by atoms with Crippen molar-refractivity contribution in [3.05, 3.63) is 112 Å². The Morgan fingerprint density at radius 2 is 1.92 bits per heavy atom. The summed E-state index contributed by atoms with van der Waals surface area (Å²) in [6.07, 6.45) is 9.66. The van der Waals surface area contributed by atoms with E-state index in [4.69, 9.17) is 9.41 Å². The topological polar surface area (TPSA) is 59.5 Å². The molecule has 5 nitrogen and oxygen atoms in total. The molecule has 0 saturated carbocycles. The highest BCUT2D eigenvalue weighted by Gasteiger charge is 2.25. The first kappa shape index (κ1) is 23.4. The van der Waals surface area contributed by atoms with Gasteiger partial charge in [0.15, 0.2) is 0 Å². The molecule has 3 heterocycles. The number of nitrogens with one attached hydrogen (secondary N) is 1. The van der Waals surface area contributed by atoms with Gasteiger partial charge in [0, 0.05) is 40.3 Å².